The monoisotopic (exact) mass is 280 g/mol. The fraction of sp³-hybridized carbons (Fsp3) is 0.500. The Bertz CT molecular complexity index is 495. The highest BCUT2D eigenvalue weighted by Crippen LogP contribution is 2.06. The Balaban J connectivity index is 1.64. The summed E-state index contributed by atoms with van der Waals surface area (Å²) in [5.41, 5.74) is 0.855. The molecule has 20 heavy (non-hydrogen) atoms. The summed E-state index contributed by atoms with van der Waals surface area (Å²) < 4.78 is 15.5. The molecule has 6 nitrogen and oxygen atoms in total. The molecule has 0 saturated carbocycles. The first-order valence-corrected chi connectivity index (χ1v) is 6.52. The normalized spacial score (nSPS) is 13.0. The smallest absolute Gasteiger partial charge is 0.133 e. The third-order valence-corrected chi connectivity index (χ3v) is 2.77. The van der Waals surface area contributed by atoms with Gasteiger partial charge in [0.2, 0.25) is 0 Å². The summed E-state index contributed by atoms with van der Waals surface area (Å²) >= 11 is 0. The van der Waals surface area contributed by atoms with Crippen LogP contribution in [0.15, 0.2) is 33.4 Å². The lowest BCUT2D eigenvalue weighted by atomic mass is 10.3. The van der Waals surface area contributed by atoms with Crippen molar-refractivity contribution in [3.05, 3.63) is 41.7 Å². The Morgan fingerprint density at radius 1 is 1.50 bits per heavy atom. The minimum absolute atomic E-state index is 0.267. The van der Waals surface area contributed by atoms with Gasteiger partial charge < -0.3 is 18.8 Å². The van der Waals surface area contributed by atoms with Crippen molar-refractivity contribution in [1.29, 1.82) is 0 Å². The number of hydrogen-bond acceptors (Lipinski definition) is 6. The van der Waals surface area contributed by atoms with E-state index in [1.54, 1.807) is 6.26 Å². The molecule has 0 bridgehead atoms. The summed E-state index contributed by atoms with van der Waals surface area (Å²) in [6, 6.07) is 5.53. The summed E-state index contributed by atoms with van der Waals surface area (Å²) in [4.78, 5) is 1.97. The summed E-state index contributed by atoms with van der Waals surface area (Å²) in [5.74, 6) is 1.54. The standard InChI is InChI=1S/C14H20N2O4/c1-11-6-12(15-20-11)7-16(2)8-13(17)9-18-10-14-4-3-5-19-14/h3-6,13,17H,7-10H2,1-2H3/t13-/m0/s1. The quantitative estimate of drug-likeness (QED) is 0.791. The second-order valence-electron chi connectivity index (χ2n) is 4.87. The first kappa shape index (κ1) is 14.8. The molecule has 2 aromatic heterocycles. The van der Waals surface area contributed by atoms with Crippen molar-refractivity contribution in [3.63, 3.8) is 0 Å². The zero-order valence-electron chi connectivity index (χ0n) is 11.8. The van der Waals surface area contributed by atoms with Gasteiger partial charge in [-0.3, -0.25) is 4.90 Å². The van der Waals surface area contributed by atoms with E-state index < -0.39 is 6.10 Å². The molecule has 6 heteroatoms. The molecule has 1 atom stereocenters. The van der Waals surface area contributed by atoms with Crippen LogP contribution in [0.5, 0.6) is 0 Å². The van der Waals surface area contributed by atoms with Crippen molar-refractivity contribution >= 4 is 0 Å². The van der Waals surface area contributed by atoms with Crippen molar-refractivity contribution in [2.45, 2.75) is 26.2 Å². The lowest BCUT2D eigenvalue weighted by Gasteiger charge is -2.19. The van der Waals surface area contributed by atoms with E-state index in [0.717, 1.165) is 17.2 Å². The highest BCUT2D eigenvalue weighted by molar-refractivity contribution is 5.03. The van der Waals surface area contributed by atoms with Crippen molar-refractivity contribution < 1.29 is 18.8 Å². The second-order valence-corrected chi connectivity index (χ2v) is 4.87. The van der Waals surface area contributed by atoms with Gasteiger partial charge in [-0.15, -0.1) is 0 Å². The summed E-state index contributed by atoms with van der Waals surface area (Å²) in [7, 11) is 1.92. The van der Waals surface area contributed by atoms with E-state index >= 15 is 0 Å². The Kier molecular flexibility index (Phi) is 5.34. The molecule has 0 aliphatic heterocycles. The van der Waals surface area contributed by atoms with Crippen LogP contribution in [0.1, 0.15) is 17.2 Å². The molecule has 0 saturated heterocycles. The van der Waals surface area contributed by atoms with Gasteiger partial charge in [0, 0.05) is 19.2 Å². The van der Waals surface area contributed by atoms with E-state index in [2.05, 4.69) is 5.16 Å². The molecule has 2 rings (SSSR count). The number of ether oxygens (including phenoxy) is 1. The SMILES string of the molecule is Cc1cc(CN(C)C[C@H](O)COCc2ccco2)no1. The van der Waals surface area contributed by atoms with Gasteiger partial charge in [-0.2, -0.15) is 0 Å². The molecule has 2 aromatic rings. The van der Waals surface area contributed by atoms with Crippen LogP contribution in [0, 0.1) is 6.92 Å². The summed E-state index contributed by atoms with van der Waals surface area (Å²) in [5, 5.41) is 13.8. The average Bonchev–Trinajstić information content (AvgIpc) is 3.01. The number of furan rings is 1. The summed E-state index contributed by atoms with van der Waals surface area (Å²) in [6.45, 7) is 3.63. The maximum Gasteiger partial charge on any atom is 0.133 e. The molecular formula is C14H20N2O4. The second kappa shape index (κ2) is 7.23. The molecule has 0 amide bonds. The van der Waals surface area contributed by atoms with Gasteiger partial charge >= 0.3 is 0 Å². The number of aromatic nitrogens is 1. The van der Waals surface area contributed by atoms with Crippen LogP contribution in [-0.2, 0) is 17.9 Å². The largest absolute Gasteiger partial charge is 0.467 e. The maximum atomic E-state index is 9.89. The van der Waals surface area contributed by atoms with Gasteiger partial charge in [-0.25, -0.2) is 0 Å². The van der Waals surface area contributed by atoms with Crippen LogP contribution in [0.3, 0.4) is 0 Å². The number of rotatable bonds is 8. The lowest BCUT2D eigenvalue weighted by molar-refractivity contribution is 0.00746. The zero-order chi connectivity index (χ0) is 14.4. The maximum absolute atomic E-state index is 9.89. The average molecular weight is 280 g/mol. The molecule has 110 valence electrons. The van der Waals surface area contributed by atoms with Gasteiger partial charge in [-0.1, -0.05) is 5.16 Å². The molecule has 0 aromatic carbocycles. The van der Waals surface area contributed by atoms with Gasteiger partial charge in [-0.05, 0) is 26.1 Å². The van der Waals surface area contributed by atoms with Crippen LogP contribution in [0.4, 0.5) is 0 Å². The fourth-order valence-corrected chi connectivity index (χ4v) is 1.94. The number of likely N-dealkylation sites (N-methyl/N-ethyl adjacent to an activating group) is 1. The van der Waals surface area contributed by atoms with E-state index in [4.69, 9.17) is 13.7 Å². The molecule has 0 spiro atoms. The van der Waals surface area contributed by atoms with Crippen LogP contribution < -0.4 is 0 Å². The third-order valence-electron chi connectivity index (χ3n) is 2.77. The molecule has 0 aliphatic carbocycles. The van der Waals surface area contributed by atoms with Crippen LogP contribution >= 0.6 is 0 Å². The van der Waals surface area contributed by atoms with Crippen molar-refractivity contribution in [2.24, 2.45) is 0 Å². The van der Waals surface area contributed by atoms with E-state index in [9.17, 15) is 5.11 Å². The third kappa shape index (κ3) is 4.80. The van der Waals surface area contributed by atoms with Gasteiger partial charge in [0.25, 0.3) is 0 Å². The minimum atomic E-state index is -0.553. The molecular weight excluding hydrogens is 260 g/mol. The molecule has 0 aliphatic rings. The lowest BCUT2D eigenvalue weighted by Crippen LogP contribution is -2.31. The highest BCUT2D eigenvalue weighted by atomic mass is 16.5. The van der Waals surface area contributed by atoms with E-state index in [1.807, 2.05) is 37.1 Å². The van der Waals surface area contributed by atoms with Gasteiger partial charge in [0.1, 0.15) is 18.1 Å². The van der Waals surface area contributed by atoms with E-state index in [1.165, 1.54) is 0 Å². The predicted molar refractivity (Wildman–Crippen MR) is 71.9 cm³/mol. The van der Waals surface area contributed by atoms with Crippen molar-refractivity contribution in [2.75, 3.05) is 20.2 Å². The molecule has 0 radical (unpaired) electrons. The van der Waals surface area contributed by atoms with Crippen molar-refractivity contribution in [3.8, 4) is 0 Å². The minimum Gasteiger partial charge on any atom is -0.467 e. The van der Waals surface area contributed by atoms with Gasteiger partial charge in [0.15, 0.2) is 0 Å². The van der Waals surface area contributed by atoms with Crippen molar-refractivity contribution in [1.82, 2.24) is 10.1 Å². The van der Waals surface area contributed by atoms with Gasteiger partial charge in [0.05, 0.1) is 24.7 Å². The van der Waals surface area contributed by atoms with E-state index in [-0.39, 0.29) is 6.61 Å². The Labute approximate surface area is 117 Å². The fourth-order valence-electron chi connectivity index (χ4n) is 1.94. The Morgan fingerprint density at radius 2 is 2.35 bits per heavy atom. The highest BCUT2D eigenvalue weighted by Gasteiger charge is 2.11. The first-order valence-electron chi connectivity index (χ1n) is 6.52. The molecule has 2 heterocycles. The first-order chi connectivity index (χ1) is 9.63. The molecule has 1 N–H and O–H groups in total. The number of hydrogen-bond donors (Lipinski definition) is 1. The van der Waals surface area contributed by atoms with E-state index in [0.29, 0.717) is 19.7 Å². The number of nitrogens with zero attached hydrogens (tertiary/aromatic N) is 2. The van der Waals surface area contributed by atoms with Crippen LogP contribution in [-0.4, -0.2) is 41.5 Å². The number of aliphatic hydroxyl groups excluding tert-OH is 1. The topological polar surface area (TPSA) is 71.9 Å². The van der Waals surface area contributed by atoms with Crippen LogP contribution in [0.25, 0.3) is 0 Å². The van der Waals surface area contributed by atoms with Crippen LogP contribution in [0.2, 0.25) is 0 Å². The summed E-state index contributed by atoms with van der Waals surface area (Å²) in [6.07, 6.45) is 1.05. The molecule has 0 unspecified atom stereocenters. The number of aryl methyl sites for hydroxylation is 1. The molecule has 0 fully saturated rings. The Hall–Kier alpha value is -1.63. The zero-order valence-corrected chi connectivity index (χ0v) is 11.8. The predicted octanol–water partition coefficient (Wildman–Crippen LogP) is 1.59. The Morgan fingerprint density at radius 3 is 3.00 bits per heavy atom. The number of aliphatic hydroxyl groups is 1.